The Morgan fingerprint density at radius 3 is 2.52 bits per heavy atom. The van der Waals surface area contributed by atoms with Crippen LogP contribution in [0.25, 0.3) is 10.9 Å². The van der Waals surface area contributed by atoms with Crippen molar-refractivity contribution in [3.8, 4) is 0 Å². The SMILES string of the molecule is CC1CCN(C(=O)c2ccccc2NC(=O)Cc2cn(C)c3ccccc23)CC1. The largest absolute Gasteiger partial charge is 0.350 e. The molecular weight excluding hydrogens is 362 g/mol. The highest BCUT2D eigenvalue weighted by molar-refractivity contribution is 6.04. The molecule has 0 aliphatic carbocycles. The normalized spacial score (nSPS) is 14.9. The quantitative estimate of drug-likeness (QED) is 0.726. The highest BCUT2D eigenvalue weighted by Gasteiger charge is 2.23. The highest BCUT2D eigenvalue weighted by atomic mass is 16.2. The number of rotatable bonds is 4. The molecular formula is C24H27N3O2. The zero-order valence-electron chi connectivity index (χ0n) is 17.0. The maximum absolute atomic E-state index is 13.0. The van der Waals surface area contributed by atoms with Gasteiger partial charge in [-0.1, -0.05) is 37.3 Å². The van der Waals surface area contributed by atoms with Crippen molar-refractivity contribution in [1.82, 2.24) is 9.47 Å². The minimum absolute atomic E-state index is 0.00189. The molecule has 29 heavy (non-hydrogen) atoms. The van der Waals surface area contributed by atoms with Gasteiger partial charge in [0.15, 0.2) is 0 Å². The summed E-state index contributed by atoms with van der Waals surface area (Å²) in [5.74, 6) is 0.543. The van der Waals surface area contributed by atoms with Gasteiger partial charge >= 0.3 is 0 Å². The number of carbonyl (C=O) groups is 2. The topological polar surface area (TPSA) is 54.3 Å². The van der Waals surface area contributed by atoms with Gasteiger partial charge in [0.2, 0.25) is 5.91 Å². The number of hydrogen-bond acceptors (Lipinski definition) is 2. The lowest BCUT2D eigenvalue weighted by molar-refractivity contribution is -0.115. The third kappa shape index (κ3) is 4.04. The first-order valence-corrected chi connectivity index (χ1v) is 10.2. The number of hydrogen-bond donors (Lipinski definition) is 1. The molecule has 1 aromatic heterocycles. The molecule has 2 amide bonds. The standard InChI is InChI=1S/C24H27N3O2/c1-17-11-13-27(14-12-17)24(29)20-8-3-5-9-21(20)25-23(28)15-18-16-26(2)22-10-6-4-7-19(18)22/h3-10,16-17H,11-15H2,1-2H3,(H,25,28). The van der Waals surface area contributed by atoms with Crippen LogP contribution < -0.4 is 5.32 Å². The molecule has 0 spiro atoms. The molecule has 0 atom stereocenters. The predicted octanol–water partition coefficient (Wildman–Crippen LogP) is 4.23. The Morgan fingerprint density at radius 2 is 1.72 bits per heavy atom. The third-order valence-electron chi connectivity index (χ3n) is 5.83. The lowest BCUT2D eigenvalue weighted by atomic mass is 9.98. The van der Waals surface area contributed by atoms with Crippen LogP contribution in [-0.2, 0) is 18.3 Å². The molecule has 0 bridgehead atoms. The maximum Gasteiger partial charge on any atom is 0.255 e. The van der Waals surface area contributed by atoms with Gasteiger partial charge in [-0.15, -0.1) is 0 Å². The van der Waals surface area contributed by atoms with E-state index in [1.165, 1.54) is 0 Å². The summed E-state index contributed by atoms with van der Waals surface area (Å²) in [6.45, 7) is 3.78. The molecule has 0 unspecified atom stereocenters. The summed E-state index contributed by atoms with van der Waals surface area (Å²) >= 11 is 0. The van der Waals surface area contributed by atoms with Gasteiger partial charge in [0.05, 0.1) is 17.7 Å². The molecule has 0 radical (unpaired) electrons. The average molecular weight is 389 g/mol. The lowest BCUT2D eigenvalue weighted by Crippen LogP contribution is -2.38. The molecule has 1 fully saturated rings. The number of amides is 2. The summed E-state index contributed by atoms with van der Waals surface area (Å²) in [4.78, 5) is 27.7. The van der Waals surface area contributed by atoms with Gasteiger partial charge in [-0.25, -0.2) is 0 Å². The van der Waals surface area contributed by atoms with Crippen LogP contribution in [0.2, 0.25) is 0 Å². The minimum atomic E-state index is -0.117. The summed E-state index contributed by atoms with van der Waals surface area (Å²) in [5, 5.41) is 4.05. The predicted molar refractivity (Wildman–Crippen MR) is 116 cm³/mol. The van der Waals surface area contributed by atoms with E-state index in [9.17, 15) is 9.59 Å². The Balaban J connectivity index is 1.51. The second-order valence-electron chi connectivity index (χ2n) is 8.03. The Kier molecular flexibility index (Phi) is 5.38. The van der Waals surface area contributed by atoms with E-state index < -0.39 is 0 Å². The first-order valence-electron chi connectivity index (χ1n) is 10.2. The molecule has 1 aliphatic rings. The molecule has 2 heterocycles. The van der Waals surface area contributed by atoms with E-state index in [1.807, 2.05) is 59.1 Å². The number of nitrogens with one attached hydrogen (secondary N) is 1. The summed E-state index contributed by atoms with van der Waals surface area (Å²) in [6.07, 6.45) is 4.32. The molecule has 5 heteroatoms. The second-order valence-corrected chi connectivity index (χ2v) is 8.03. The fraction of sp³-hybridized carbons (Fsp3) is 0.333. The summed E-state index contributed by atoms with van der Waals surface area (Å²) in [7, 11) is 1.98. The Bertz CT molecular complexity index is 1050. The first kappa shape index (κ1) is 19.2. The van der Waals surface area contributed by atoms with E-state index >= 15 is 0 Å². The van der Waals surface area contributed by atoms with E-state index in [0.29, 0.717) is 17.2 Å². The number of aryl methyl sites for hydroxylation is 1. The zero-order chi connectivity index (χ0) is 20.4. The van der Waals surface area contributed by atoms with E-state index in [2.05, 4.69) is 12.2 Å². The minimum Gasteiger partial charge on any atom is -0.350 e. The third-order valence-corrected chi connectivity index (χ3v) is 5.83. The number of para-hydroxylation sites is 2. The molecule has 1 saturated heterocycles. The molecule has 0 saturated carbocycles. The Hall–Kier alpha value is -3.08. The van der Waals surface area contributed by atoms with Gasteiger partial charge < -0.3 is 14.8 Å². The van der Waals surface area contributed by atoms with Crippen molar-refractivity contribution in [2.45, 2.75) is 26.2 Å². The van der Waals surface area contributed by atoms with Gasteiger partial charge in [0.1, 0.15) is 0 Å². The number of nitrogens with zero attached hydrogens (tertiary/aromatic N) is 2. The van der Waals surface area contributed by atoms with Gasteiger partial charge in [-0.3, -0.25) is 9.59 Å². The van der Waals surface area contributed by atoms with Gasteiger partial charge in [0, 0.05) is 37.2 Å². The van der Waals surface area contributed by atoms with Gasteiger partial charge in [0.25, 0.3) is 5.91 Å². The van der Waals surface area contributed by atoms with Crippen LogP contribution in [0.4, 0.5) is 5.69 Å². The number of likely N-dealkylation sites (tertiary alicyclic amines) is 1. The second kappa shape index (κ2) is 8.11. The molecule has 1 aliphatic heterocycles. The van der Waals surface area contributed by atoms with Crippen LogP contribution in [-0.4, -0.2) is 34.4 Å². The lowest BCUT2D eigenvalue weighted by Gasteiger charge is -2.30. The van der Waals surface area contributed by atoms with Crippen molar-refractivity contribution in [1.29, 1.82) is 0 Å². The first-order chi connectivity index (χ1) is 14.0. The van der Waals surface area contributed by atoms with Crippen LogP contribution in [0.15, 0.2) is 54.7 Å². The zero-order valence-corrected chi connectivity index (χ0v) is 17.0. The molecule has 3 aromatic rings. The highest BCUT2D eigenvalue weighted by Crippen LogP contribution is 2.24. The van der Waals surface area contributed by atoms with E-state index in [-0.39, 0.29) is 18.2 Å². The fourth-order valence-electron chi connectivity index (χ4n) is 4.09. The maximum atomic E-state index is 13.0. The smallest absolute Gasteiger partial charge is 0.255 e. The number of carbonyl (C=O) groups excluding carboxylic acids is 2. The molecule has 2 aromatic carbocycles. The monoisotopic (exact) mass is 389 g/mol. The van der Waals surface area contributed by atoms with Crippen LogP contribution in [0.1, 0.15) is 35.7 Å². The van der Waals surface area contributed by atoms with Gasteiger partial charge in [-0.05, 0) is 42.5 Å². The summed E-state index contributed by atoms with van der Waals surface area (Å²) in [5.41, 5.74) is 3.23. The van der Waals surface area contributed by atoms with Crippen molar-refractivity contribution in [2.24, 2.45) is 13.0 Å². The van der Waals surface area contributed by atoms with Crippen LogP contribution in [0, 0.1) is 5.92 Å². The van der Waals surface area contributed by atoms with Gasteiger partial charge in [-0.2, -0.15) is 0 Å². The van der Waals surface area contributed by atoms with Crippen LogP contribution in [0.5, 0.6) is 0 Å². The van der Waals surface area contributed by atoms with Crippen LogP contribution >= 0.6 is 0 Å². The Labute approximate surface area is 171 Å². The van der Waals surface area contributed by atoms with Crippen molar-refractivity contribution in [3.63, 3.8) is 0 Å². The fourth-order valence-corrected chi connectivity index (χ4v) is 4.09. The van der Waals surface area contributed by atoms with Crippen molar-refractivity contribution >= 4 is 28.4 Å². The Morgan fingerprint density at radius 1 is 1.03 bits per heavy atom. The number of benzene rings is 2. The average Bonchev–Trinajstić information content (AvgIpc) is 3.04. The summed E-state index contributed by atoms with van der Waals surface area (Å²) in [6, 6.07) is 15.4. The number of anilines is 1. The van der Waals surface area contributed by atoms with E-state index in [4.69, 9.17) is 0 Å². The molecule has 150 valence electrons. The number of aromatic nitrogens is 1. The van der Waals surface area contributed by atoms with Crippen molar-refractivity contribution in [2.75, 3.05) is 18.4 Å². The van der Waals surface area contributed by atoms with E-state index in [0.717, 1.165) is 42.4 Å². The van der Waals surface area contributed by atoms with Crippen molar-refractivity contribution < 1.29 is 9.59 Å². The van der Waals surface area contributed by atoms with E-state index in [1.54, 1.807) is 12.1 Å². The van der Waals surface area contributed by atoms with Crippen molar-refractivity contribution in [3.05, 3.63) is 65.9 Å². The number of piperidine rings is 1. The van der Waals surface area contributed by atoms with Crippen LogP contribution in [0.3, 0.4) is 0 Å². The molecule has 4 rings (SSSR count). The molecule has 5 nitrogen and oxygen atoms in total. The number of fused-ring (bicyclic) bond motifs is 1. The molecule has 1 N–H and O–H groups in total. The summed E-state index contributed by atoms with van der Waals surface area (Å²) < 4.78 is 2.03.